The Morgan fingerprint density at radius 3 is 2.63 bits per heavy atom. The number of hydrogen-bond acceptors (Lipinski definition) is 2. The number of nitrogens with two attached hydrogens (primary N) is 1. The van der Waals surface area contributed by atoms with Crippen LogP contribution in [0.2, 0.25) is 0 Å². The summed E-state index contributed by atoms with van der Waals surface area (Å²) < 4.78 is 19.0. The highest BCUT2D eigenvalue weighted by Gasteiger charge is 2.27. The van der Waals surface area contributed by atoms with E-state index in [-0.39, 0.29) is 18.0 Å². The monoisotopic (exact) mass is 257 g/mol. The van der Waals surface area contributed by atoms with Crippen LogP contribution in [0.15, 0.2) is 42.5 Å². The predicted molar refractivity (Wildman–Crippen MR) is 73.6 cm³/mol. The zero-order chi connectivity index (χ0) is 13.4. The van der Waals surface area contributed by atoms with Crippen molar-refractivity contribution in [3.8, 4) is 16.9 Å². The van der Waals surface area contributed by atoms with Crippen LogP contribution >= 0.6 is 0 Å². The molecule has 3 rings (SSSR count). The lowest BCUT2D eigenvalue weighted by Crippen LogP contribution is -2.34. The predicted octanol–water partition coefficient (Wildman–Crippen LogP) is 3.14. The Kier molecular flexibility index (Phi) is 2.99. The van der Waals surface area contributed by atoms with Crippen LogP contribution in [0.25, 0.3) is 11.1 Å². The number of halogens is 1. The van der Waals surface area contributed by atoms with Crippen molar-refractivity contribution < 1.29 is 9.13 Å². The fourth-order valence-corrected chi connectivity index (χ4v) is 2.44. The van der Waals surface area contributed by atoms with E-state index in [1.807, 2.05) is 19.1 Å². The highest BCUT2D eigenvalue weighted by molar-refractivity contribution is 5.73. The summed E-state index contributed by atoms with van der Waals surface area (Å²) >= 11 is 0. The van der Waals surface area contributed by atoms with Crippen LogP contribution in [0.1, 0.15) is 12.5 Å². The highest BCUT2D eigenvalue weighted by atomic mass is 19.1. The molecule has 2 N–H and O–H groups in total. The second-order valence-corrected chi connectivity index (χ2v) is 5.02. The van der Waals surface area contributed by atoms with Crippen LogP contribution in [0, 0.1) is 5.82 Å². The molecule has 2 atom stereocenters. The van der Waals surface area contributed by atoms with Crippen molar-refractivity contribution in [2.24, 2.45) is 5.73 Å². The summed E-state index contributed by atoms with van der Waals surface area (Å²) in [5, 5.41) is 0. The largest absolute Gasteiger partial charge is 0.488 e. The Labute approximate surface area is 112 Å². The van der Waals surface area contributed by atoms with Gasteiger partial charge in [0, 0.05) is 18.0 Å². The minimum absolute atomic E-state index is 0.00605. The van der Waals surface area contributed by atoms with Crippen LogP contribution in [-0.2, 0) is 6.42 Å². The van der Waals surface area contributed by atoms with Gasteiger partial charge in [0.2, 0.25) is 0 Å². The number of fused-ring (bicyclic) bond motifs is 1. The molecule has 0 radical (unpaired) electrons. The third-order valence-electron chi connectivity index (χ3n) is 3.53. The third kappa shape index (κ3) is 2.22. The molecule has 0 bridgehead atoms. The highest BCUT2D eigenvalue weighted by Crippen LogP contribution is 2.39. The molecule has 2 aromatic rings. The molecule has 3 heteroatoms. The average molecular weight is 257 g/mol. The lowest BCUT2D eigenvalue weighted by Gasteiger charge is -2.15. The molecule has 2 unspecified atom stereocenters. The fraction of sp³-hybridized carbons (Fsp3) is 0.250. The first-order chi connectivity index (χ1) is 9.15. The lowest BCUT2D eigenvalue weighted by atomic mass is 10.00. The van der Waals surface area contributed by atoms with Gasteiger partial charge in [-0.2, -0.15) is 0 Å². The molecule has 19 heavy (non-hydrogen) atoms. The second kappa shape index (κ2) is 4.67. The van der Waals surface area contributed by atoms with Crippen molar-refractivity contribution in [1.82, 2.24) is 0 Å². The van der Waals surface area contributed by atoms with Crippen molar-refractivity contribution in [3.63, 3.8) is 0 Å². The quantitative estimate of drug-likeness (QED) is 0.897. The second-order valence-electron chi connectivity index (χ2n) is 5.02. The van der Waals surface area contributed by atoms with Gasteiger partial charge in [0.1, 0.15) is 17.7 Å². The standard InChI is InChI=1S/C16H16FNO/c1-10(18)15-9-12-3-2-4-14(16(12)19-15)11-5-7-13(17)8-6-11/h2-8,10,15H,9,18H2,1H3. The number of benzene rings is 2. The van der Waals surface area contributed by atoms with Gasteiger partial charge in [-0.1, -0.05) is 30.3 Å². The molecule has 0 saturated heterocycles. The van der Waals surface area contributed by atoms with E-state index in [1.165, 1.54) is 17.7 Å². The van der Waals surface area contributed by atoms with E-state index < -0.39 is 0 Å². The molecule has 0 aliphatic carbocycles. The van der Waals surface area contributed by atoms with E-state index in [4.69, 9.17) is 10.5 Å². The fourth-order valence-electron chi connectivity index (χ4n) is 2.44. The van der Waals surface area contributed by atoms with E-state index in [0.29, 0.717) is 0 Å². The molecule has 98 valence electrons. The van der Waals surface area contributed by atoms with Gasteiger partial charge in [-0.15, -0.1) is 0 Å². The number of para-hydroxylation sites is 1. The molecular weight excluding hydrogens is 241 g/mol. The van der Waals surface area contributed by atoms with E-state index >= 15 is 0 Å². The van der Waals surface area contributed by atoms with Crippen LogP contribution in [-0.4, -0.2) is 12.1 Å². The molecule has 1 heterocycles. The van der Waals surface area contributed by atoms with Crippen molar-refractivity contribution in [3.05, 3.63) is 53.8 Å². The Bertz CT molecular complexity index is 592. The van der Waals surface area contributed by atoms with Gasteiger partial charge in [0.25, 0.3) is 0 Å². The van der Waals surface area contributed by atoms with Crippen molar-refractivity contribution in [1.29, 1.82) is 0 Å². The van der Waals surface area contributed by atoms with E-state index in [1.54, 1.807) is 12.1 Å². The van der Waals surface area contributed by atoms with Gasteiger partial charge in [-0.25, -0.2) is 4.39 Å². The van der Waals surface area contributed by atoms with Crippen molar-refractivity contribution in [2.45, 2.75) is 25.5 Å². The summed E-state index contributed by atoms with van der Waals surface area (Å²) in [6, 6.07) is 12.5. The van der Waals surface area contributed by atoms with Gasteiger partial charge in [0.05, 0.1) is 0 Å². The van der Waals surface area contributed by atoms with E-state index in [0.717, 1.165) is 23.3 Å². The average Bonchev–Trinajstić information content (AvgIpc) is 2.83. The van der Waals surface area contributed by atoms with Gasteiger partial charge in [0.15, 0.2) is 0 Å². The van der Waals surface area contributed by atoms with E-state index in [2.05, 4.69) is 6.07 Å². The summed E-state index contributed by atoms with van der Waals surface area (Å²) in [6.07, 6.45) is 0.860. The summed E-state index contributed by atoms with van der Waals surface area (Å²) in [5.41, 5.74) is 9.04. The van der Waals surface area contributed by atoms with Crippen LogP contribution in [0.3, 0.4) is 0 Å². The van der Waals surface area contributed by atoms with Gasteiger partial charge >= 0.3 is 0 Å². The normalized spacial score (nSPS) is 18.8. The Morgan fingerprint density at radius 1 is 1.21 bits per heavy atom. The first-order valence-corrected chi connectivity index (χ1v) is 6.45. The molecule has 2 aromatic carbocycles. The topological polar surface area (TPSA) is 35.2 Å². The molecule has 0 amide bonds. The number of ether oxygens (including phenoxy) is 1. The van der Waals surface area contributed by atoms with Crippen LogP contribution in [0.5, 0.6) is 5.75 Å². The minimum Gasteiger partial charge on any atom is -0.488 e. The molecule has 0 fully saturated rings. The minimum atomic E-state index is -0.231. The Morgan fingerprint density at radius 2 is 1.95 bits per heavy atom. The van der Waals surface area contributed by atoms with Crippen LogP contribution < -0.4 is 10.5 Å². The molecule has 1 aliphatic heterocycles. The molecule has 0 spiro atoms. The third-order valence-corrected chi connectivity index (χ3v) is 3.53. The number of rotatable bonds is 2. The van der Waals surface area contributed by atoms with Gasteiger partial charge in [-0.3, -0.25) is 0 Å². The summed E-state index contributed by atoms with van der Waals surface area (Å²) in [4.78, 5) is 0. The van der Waals surface area contributed by atoms with Gasteiger partial charge in [-0.05, 0) is 30.2 Å². The number of hydrogen-bond donors (Lipinski definition) is 1. The lowest BCUT2D eigenvalue weighted by molar-refractivity contribution is 0.207. The summed E-state index contributed by atoms with van der Waals surface area (Å²) in [7, 11) is 0. The first-order valence-electron chi connectivity index (χ1n) is 6.45. The Hall–Kier alpha value is -1.87. The molecule has 1 aliphatic rings. The summed E-state index contributed by atoms with van der Waals surface area (Å²) in [6.45, 7) is 1.95. The van der Waals surface area contributed by atoms with Crippen molar-refractivity contribution in [2.75, 3.05) is 0 Å². The van der Waals surface area contributed by atoms with Crippen LogP contribution in [0.4, 0.5) is 4.39 Å². The van der Waals surface area contributed by atoms with Gasteiger partial charge < -0.3 is 10.5 Å². The maximum atomic E-state index is 13.0. The molecule has 2 nitrogen and oxygen atoms in total. The SMILES string of the molecule is CC(N)C1Cc2cccc(-c3ccc(F)cc3)c2O1. The van der Waals surface area contributed by atoms with Crippen molar-refractivity contribution >= 4 is 0 Å². The maximum absolute atomic E-state index is 13.0. The Balaban J connectivity index is 2.02. The molecule has 0 saturated carbocycles. The smallest absolute Gasteiger partial charge is 0.130 e. The molecular formula is C16H16FNO. The zero-order valence-electron chi connectivity index (χ0n) is 10.8. The molecule has 0 aromatic heterocycles. The van der Waals surface area contributed by atoms with E-state index in [9.17, 15) is 4.39 Å². The zero-order valence-corrected chi connectivity index (χ0v) is 10.8. The first kappa shape index (κ1) is 12.2. The maximum Gasteiger partial charge on any atom is 0.130 e. The summed E-state index contributed by atoms with van der Waals surface area (Å²) in [5.74, 6) is 0.655.